The molecule has 3 rings (SSSR count). The monoisotopic (exact) mass is 333 g/mol. The van der Waals surface area contributed by atoms with E-state index in [9.17, 15) is 4.79 Å². The van der Waals surface area contributed by atoms with Gasteiger partial charge in [-0.3, -0.25) is 4.79 Å². The number of benzene rings is 1. The second-order valence-electron chi connectivity index (χ2n) is 5.44. The molecule has 1 N–H and O–H groups in total. The van der Waals surface area contributed by atoms with Crippen molar-refractivity contribution in [2.24, 2.45) is 0 Å². The smallest absolute Gasteiger partial charge is 0.230 e. The maximum atomic E-state index is 12.0. The standard InChI is InChI=1S/C16H19N3OS2/c20-14(17-13-9-5-2-6-10-13)11-21-16-18-15(19-22-16)12-7-3-1-4-8-12/h1,3-4,7-8,13H,2,5-6,9-11H2,(H,17,20). The van der Waals surface area contributed by atoms with E-state index < -0.39 is 0 Å². The zero-order valence-corrected chi connectivity index (χ0v) is 14.0. The SMILES string of the molecule is O=C(CSc1nc(-c2ccccc2)ns1)NC1CCCCC1. The van der Waals surface area contributed by atoms with Gasteiger partial charge in [-0.1, -0.05) is 61.4 Å². The quantitative estimate of drug-likeness (QED) is 0.847. The number of hydrogen-bond acceptors (Lipinski definition) is 5. The van der Waals surface area contributed by atoms with Crippen molar-refractivity contribution in [2.75, 3.05) is 5.75 Å². The zero-order chi connectivity index (χ0) is 15.2. The predicted octanol–water partition coefficient (Wildman–Crippen LogP) is 3.75. The van der Waals surface area contributed by atoms with Gasteiger partial charge in [0.2, 0.25) is 5.91 Å². The Morgan fingerprint density at radius 1 is 1.23 bits per heavy atom. The van der Waals surface area contributed by atoms with Crippen LogP contribution in [0.3, 0.4) is 0 Å². The minimum absolute atomic E-state index is 0.105. The Morgan fingerprint density at radius 2 is 2.00 bits per heavy atom. The van der Waals surface area contributed by atoms with Crippen molar-refractivity contribution < 1.29 is 4.79 Å². The highest BCUT2D eigenvalue weighted by atomic mass is 32.2. The first kappa shape index (κ1) is 15.5. The minimum Gasteiger partial charge on any atom is -0.353 e. The molecule has 116 valence electrons. The van der Waals surface area contributed by atoms with Crippen molar-refractivity contribution in [3.63, 3.8) is 0 Å². The molecule has 1 aromatic heterocycles. The van der Waals surface area contributed by atoms with E-state index in [0.29, 0.717) is 11.8 Å². The zero-order valence-electron chi connectivity index (χ0n) is 12.3. The third-order valence-corrected chi connectivity index (χ3v) is 5.57. The molecule has 6 heteroatoms. The molecule has 0 unspecified atom stereocenters. The Balaban J connectivity index is 1.49. The van der Waals surface area contributed by atoms with Gasteiger partial charge in [-0.2, -0.15) is 4.37 Å². The van der Waals surface area contributed by atoms with E-state index in [-0.39, 0.29) is 5.91 Å². The topological polar surface area (TPSA) is 54.9 Å². The van der Waals surface area contributed by atoms with Gasteiger partial charge in [0.15, 0.2) is 10.2 Å². The fraction of sp³-hybridized carbons (Fsp3) is 0.438. The van der Waals surface area contributed by atoms with Crippen molar-refractivity contribution >= 4 is 29.2 Å². The Kier molecular flexibility index (Phi) is 5.45. The molecule has 4 nitrogen and oxygen atoms in total. The first-order chi connectivity index (χ1) is 10.8. The average molecular weight is 333 g/mol. The van der Waals surface area contributed by atoms with Crippen LogP contribution in [0, 0.1) is 0 Å². The van der Waals surface area contributed by atoms with E-state index in [1.54, 1.807) is 0 Å². The molecular formula is C16H19N3OS2. The Bertz CT molecular complexity index is 609. The third kappa shape index (κ3) is 4.30. The van der Waals surface area contributed by atoms with Crippen molar-refractivity contribution in [3.05, 3.63) is 30.3 Å². The molecule has 1 aliphatic carbocycles. The average Bonchev–Trinajstić information content (AvgIpc) is 3.04. The molecule has 1 aromatic carbocycles. The molecule has 1 amide bonds. The van der Waals surface area contributed by atoms with Crippen LogP contribution in [0.25, 0.3) is 11.4 Å². The van der Waals surface area contributed by atoms with E-state index in [1.807, 2.05) is 30.3 Å². The lowest BCUT2D eigenvalue weighted by molar-refractivity contribution is -0.119. The van der Waals surface area contributed by atoms with Gasteiger partial charge < -0.3 is 5.32 Å². The Morgan fingerprint density at radius 3 is 2.77 bits per heavy atom. The van der Waals surface area contributed by atoms with Crippen LogP contribution in [0.1, 0.15) is 32.1 Å². The molecule has 0 atom stereocenters. The number of hydrogen-bond donors (Lipinski definition) is 1. The highest BCUT2D eigenvalue weighted by Gasteiger charge is 2.16. The third-order valence-electron chi connectivity index (χ3n) is 3.74. The van der Waals surface area contributed by atoms with Crippen molar-refractivity contribution in [3.8, 4) is 11.4 Å². The van der Waals surface area contributed by atoms with Gasteiger partial charge in [0.25, 0.3) is 0 Å². The predicted molar refractivity (Wildman–Crippen MR) is 91.1 cm³/mol. The van der Waals surface area contributed by atoms with E-state index >= 15 is 0 Å². The van der Waals surface area contributed by atoms with Gasteiger partial charge in [-0.25, -0.2) is 4.98 Å². The summed E-state index contributed by atoms with van der Waals surface area (Å²) in [6.07, 6.45) is 6.00. The number of thioether (sulfide) groups is 1. The molecule has 1 fully saturated rings. The molecular weight excluding hydrogens is 314 g/mol. The number of nitrogens with one attached hydrogen (secondary N) is 1. The summed E-state index contributed by atoms with van der Waals surface area (Å²) in [5.74, 6) is 1.26. The van der Waals surface area contributed by atoms with Gasteiger partial charge in [-0.15, -0.1) is 0 Å². The maximum absolute atomic E-state index is 12.0. The Labute approximate surface area is 138 Å². The highest BCUT2D eigenvalue weighted by Crippen LogP contribution is 2.25. The van der Waals surface area contributed by atoms with E-state index in [4.69, 9.17) is 0 Å². The molecule has 1 aliphatic rings. The van der Waals surface area contributed by atoms with E-state index in [1.165, 1.54) is 42.6 Å². The summed E-state index contributed by atoms with van der Waals surface area (Å²) in [5, 5.41) is 3.12. The fourth-order valence-corrected chi connectivity index (χ4v) is 4.04. The first-order valence-corrected chi connectivity index (χ1v) is 9.38. The lowest BCUT2D eigenvalue weighted by Gasteiger charge is -2.22. The number of amides is 1. The lowest BCUT2D eigenvalue weighted by atomic mass is 9.95. The summed E-state index contributed by atoms with van der Waals surface area (Å²) in [4.78, 5) is 16.5. The molecule has 0 radical (unpaired) electrons. The van der Waals surface area contributed by atoms with Crippen molar-refractivity contribution in [2.45, 2.75) is 42.5 Å². The van der Waals surface area contributed by atoms with Crippen LogP contribution in [0.2, 0.25) is 0 Å². The lowest BCUT2D eigenvalue weighted by Crippen LogP contribution is -2.37. The summed E-state index contributed by atoms with van der Waals surface area (Å²) in [7, 11) is 0. The molecule has 1 heterocycles. The van der Waals surface area contributed by atoms with Gasteiger partial charge in [-0.05, 0) is 24.4 Å². The number of rotatable bonds is 5. The molecule has 0 spiro atoms. The van der Waals surface area contributed by atoms with Gasteiger partial charge in [0.1, 0.15) is 0 Å². The second-order valence-corrected chi connectivity index (χ2v) is 7.42. The van der Waals surface area contributed by atoms with Crippen LogP contribution < -0.4 is 5.32 Å². The Hall–Kier alpha value is -1.40. The summed E-state index contributed by atoms with van der Waals surface area (Å²) in [5.41, 5.74) is 1.01. The molecule has 2 aromatic rings. The summed E-state index contributed by atoms with van der Waals surface area (Å²) in [6.45, 7) is 0. The summed E-state index contributed by atoms with van der Waals surface area (Å²) >= 11 is 2.82. The summed E-state index contributed by atoms with van der Waals surface area (Å²) < 4.78 is 5.20. The van der Waals surface area contributed by atoms with Crippen LogP contribution >= 0.6 is 23.3 Å². The van der Waals surface area contributed by atoms with Crippen molar-refractivity contribution in [1.29, 1.82) is 0 Å². The van der Waals surface area contributed by atoms with Gasteiger partial charge in [0, 0.05) is 11.6 Å². The minimum atomic E-state index is 0.105. The second kappa shape index (κ2) is 7.74. The number of nitrogens with zero attached hydrogens (tertiary/aromatic N) is 2. The largest absolute Gasteiger partial charge is 0.353 e. The van der Waals surface area contributed by atoms with Crippen molar-refractivity contribution in [1.82, 2.24) is 14.7 Å². The van der Waals surface area contributed by atoms with E-state index in [2.05, 4.69) is 14.7 Å². The summed E-state index contributed by atoms with van der Waals surface area (Å²) in [6, 6.07) is 10.3. The highest BCUT2D eigenvalue weighted by molar-refractivity contribution is 8.01. The van der Waals surface area contributed by atoms with Crippen LogP contribution in [-0.2, 0) is 4.79 Å². The van der Waals surface area contributed by atoms with Crippen LogP contribution in [0.4, 0.5) is 0 Å². The van der Waals surface area contributed by atoms with Crippen LogP contribution in [0.15, 0.2) is 34.7 Å². The number of carbonyl (C=O) groups excluding carboxylic acids is 1. The molecule has 0 aliphatic heterocycles. The number of carbonyl (C=O) groups is 1. The van der Waals surface area contributed by atoms with E-state index in [0.717, 1.165) is 28.6 Å². The molecule has 22 heavy (non-hydrogen) atoms. The normalized spacial score (nSPS) is 15.6. The molecule has 0 saturated heterocycles. The van der Waals surface area contributed by atoms with Gasteiger partial charge in [0.05, 0.1) is 5.75 Å². The first-order valence-electron chi connectivity index (χ1n) is 7.62. The maximum Gasteiger partial charge on any atom is 0.230 e. The number of aromatic nitrogens is 2. The van der Waals surface area contributed by atoms with Gasteiger partial charge >= 0.3 is 0 Å². The van der Waals surface area contributed by atoms with Crippen LogP contribution in [-0.4, -0.2) is 27.1 Å². The fourth-order valence-electron chi connectivity index (χ4n) is 2.62. The van der Waals surface area contributed by atoms with Crippen LogP contribution in [0.5, 0.6) is 0 Å². The molecule has 1 saturated carbocycles. The molecule has 0 bridgehead atoms.